The second-order valence-corrected chi connectivity index (χ2v) is 9.35. The van der Waals surface area contributed by atoms with Crippen molar-refractivity contribution < 1.29 is 18.5 Å². The summed E-state index contributed by atoms with van der Waals surface area (Å²) in [5, 5.41) is 23.9. The lowest BCUT2D eigenvalue weighted by Gasteiger charge is -2.05. The molecule has 0 aliphatic rings. The van der Waals surface area contributed by atoms with Crippen LogP contribution in [0.25, 0.3) is 28.7 Å². The summed E-state index contributed by atoms with van der Waals surface area (Å²) in [7, 11) is 0. The van der Waals surface area contributed by atoms with Crippen LogP contribution in [0.15, 0.2) is 100 Å². The molecule has 0 spiro atoms. The fraction of sp³-hybridized carbons (Fsp3) is 0. The average molecular weight is 553 g/mol. The summed E-state index contributed by atoms with van der Waals surface area (Å²) in [6, 6.07) is 24.7. The molecule has 0 bridgehead atoms. The molecule has 0 unspecified atom stereocenters. The highest BCUT2D eigenvalue weighted by Crippen LogP contribution is 2.31. The van der Waals surface area contributed by atoms with Crippen LogP contribution in [0.4, 0.5) is 15.8 Å². The number of nitriles is 1. The third-order valence-electron chi connectivity index (χ3n) is 5.76. The molecule has 1 amide bonds. The molecule has 0 saturated heterocycles. The Labute approximate surface area is 229 Å². The number of hydrogen-bond donors (Lipinski definition) is 1. The molecular weight excluding hydrogens is 535 g/mol. The first kappa shape index (κ1) is 26.0. The number of para-hydroxylation sites is 2. The minimum Gasteiger partial charge on any atom is -0.456 e. The van der Waals surface area contributed by atoms with Gasteiger partial charge >= 0.3 is 0 Å². The van der Waals surface area contributed by atoms with Gasteiger partial charge in [0.1, 0.15) is 28.1 Å². The maximum atomic E-state index is 13.6. The Morgan fingerprint density at radius 2 is 1.73 bits per heavy atom. The van der Waals surface area contributed by atoms with Crippen molar-refractivity contribution in [3.05, 3.63) is 132 Å². The Bertz CT molecular complexity index is 1970. The standard InChI is InChI=1S/C29H17FN4O5S/c30-18-10-12-19(13-11-18)32-27(35)23(17-31)29-33(20-6-2-1-3-7-20)28(36)26(40-29)16-21-14-15-25(39-21)22-8-4-5-9-24(22)34(37)38/h1-16H,(H,32,35)/b26-16+,29-23+. The van der Waals surface area contributed by atoms with Crippen LogP contribution in [-0.4, -0.2) is 15.4 Å². The number of nitro groups is 1. The van der Waals surface area contributed by atoms with Gasteiger partial charge in [-0.25, -0.2) is 4.39 Å². The summed E-state index contributed by atoms with van der Waals surface area (Å²) in [6.45, 7) is 0. The van der Waals surface area contributed by atoms with Crippen molar-refractivity contribution in [1.29, 1.82) is 5.26 Å². The molecule has 1 N–H and O–H groups in total. The predicted octanol–water partition coefficient (Wildman–Crippen LogP) is 4.35. The molecule has 5 rings (SSSR count). The Hall–Kier alpha value is -5.60. The molecule has 3 aromatic carbocycles. The zero-order valence-electron chi connectivity index (χ0n) is 20.4. The molecule has 0 atom stereocenters. The summed E-state index contributed by atoms with van der Waals surface area (Å²) >= 11 is 0.909. The van der Waals surface area contributed by atoms with Gasteiger partial charge in [0.2, 0.25) is 0 Å². The van der Waals surface area contributed by atoms with E-state index in [2.05, 4.69) is 5.32 Å². The van der Waals surface area contributed by atoms with Crippen molar-refractivity contribution in [2.45, 2.75) is 0 Å². The maximum absolute atomic E-state index is 13.6. The van der Waals surface area contributed by atoms with Crippen molar-refractivity contribution in [3.63, 3.8) is 0 Å². The van der Waals surface area contributed by atoms with Gasteiger partial charge < -0.3 is 9.73 Å². The number of benzene rings is 3. The molecule has 40 heavy (non-hydrogen) atoms. The number of nitrogens with zero attached hydrogens (tertiary/aromatic N) is 3. The fourth-order valence-corrected chi connectivity index (χ4v) is 5.01. The SMILES string of the molecule is N#C/C(C(=O)Nc1ccc(F)cc1)=c1\s/c(=C/c2ccc(-c3ccccc3[N+](=O)[O-])o2)c(=O)n1-c1ccccc1. The van der Waals surface area contributed by atoms with E-state index in [-0.39, 0.29) is 43.2 Å². The van der Waals surface area contributed by atoms with Crippen molar-refractivity contribution in [3.8, 4) is 23.1 Å². The first-order valence-corrected chi connectivity index (χ1v) is 12.5. The highest BCUT2D eigenvalue weighted by molar-refractivity contribution is 7.07. The van der Waals surface area contributed by atoms with E-state index < -0.39 is 22.2 Å². The van der Waals surface area contributed by atoms with Crippen LogP contribution in [0.1, 0.15) is 5.76 Å². The van der Waals surface area contributed by atoms with E-state index >= 15 is 0 Å². The number of hydrogen-bond acceptors (Lipinski definition) is 7. The Morgan fingerprint density at radius 1 is 1.02 bits per heavy atom. The van der Waals surface area contributed by atoms with Crippen LogP contribution in [-0.2, 0) is 4.79 Å². The number of amides is 1. The van der Waals surface area contributed by atoms with Gasteiger partial charge in [0.25, 0.3) is 17.2 Å². The van der Waals surface area contributed by atoms with Crippen LogP contribution in [0, 0.1) is 27.3 Å². The Morgan fingerprint density at radius 3 is 2.42 bits per heavy atom. The van der Waals surface area contributed by atoms with Gasteiger partial charge in [0.05, 0.1) is 20.7 Å². The molecule has 5 aromatic rings. The molecule has 196 valence electrons. The first-order valence-electron chi connectivity index (χ1n) is 11.7. The van der Waals surface area contributed by atoms with Gasteiger partial charge in [-0.05, 0) is 54.6 Å². The molecule has 0 fully saturated rings. The van der Waals surface area contributed by atoms with Crippen molar-refractivity contribution >= 4 is 40.3 Å². The number of rotatable bonds is 6. The third kappa shape index (κ3) is 5.20. The van der Waals surface area contributed by atoms with Crippen molar-refractivity contribution in [2.75, 3.05) is 5.32 Å². The summed E-state index contributed by atoms with van der Waals surface area (Å²) < 4.78 is 20.6. The highest BCUT2D eigenvalue weighted by atomic mass is 32.1. The monoisotopic (exact) mass is 552 g/mol. The van der Waals surface area contributed by atoms with Crippen LogP contribution in [0.2, 0.25) is 0 Å². The minimum atomic E-state index is -0.775. The molecule has 0 saturated carbocycles. The third-order valence-corrected chi connectivity index (χ3v) is 6.85. The summed E-state index contributed by atoms with van der Waals surface area (Å²) in [6.07, 6.45) is 1.45. The molecule has 2 heterocycles. The molecule has 0 aliphatic carbocycles. The van der Waals surface area contributed by atoms with E-state index in [0.29, 0.717) is 5.69 Å². The predicted molar refractivity (Wildman–Crippen MR) is 148 cm³/mol. The number of nitrogens with one attached hydrogen (secondary N) is 1. The van der Waals surface area contributed by atoms with E-state index in [0.717, 1.165) is 11.3 Å². The van der Waals surface area contributed by atoms with Gasteiger partial charge in [0, 0.05) is 17.8 Å². The molecule has 9 nitrogen and oxygen atoms in total. The highest BCUT2D eigenvalue weighted by Gasteiger charge is 2.19. The second-order valence-electron chi connectivity index (χ2n) is 8.32. The van der Waals surface area contributed by atoms with Crippen LogP contribution in [0.5, 0.6) is 0 Å². The largest absolute Gasteiger partial charge is 0.456 e. The molecule has 0 aliphatic heterocycles. The lowest BCUT2D eigenvalue weighted by Crippen LogP contribution is -2.32. The second kappa shape index (κ2) is 11.0. The number of carbonyl (C=O) groups is 1. The van der Waals surface area contributed by atoms with E-state index in [9.17, 15) is 29.4 Å². The normalized spacial score (nSPS) is 12.1. The zero-order chi connectivity index (χ0) is 28.2. The summed E-state index contributed by atoms with van der Waals surface area (Å²) in [4.78, 5) is 37.6. The Balaban J connectivity index is 1.66. The maximum Gasteiger partial charge on any atom is 0.280 e. The number of thiazole rings is 1. The number of halogens is 1. The number of nitro benzene ring substituents is 1. The fourth-order valence-electron chi connectivity index (χ4n) is 3.93. The first-order chi connectivity index (χ1) is 19.4. The van der Waals surface area contributed by atoms with E-state index in [4.69, 9.17) is 4.42 Å². The van der Waals surface area contributed by atoms with Crippen molar-refractivity contribution in [1.82, 2.24) is 4.57 Å². The molecule has 11 heteroatoms. The van der Waals surface area contributed by atoms with Gasteiger partial charge in [0.15, 0.2) is 5.57 Å². The number of anilines is 1. The van der Waals surface area contributed by atoms with Crippen LogP contribution >= 0.6 is 11.3 Å². The van der Waals surface area contributed by atoms with E-state index in [1.54, 1.807) is 60.7 Å². The lowest BCUT2D eigenvalue weighted by atomic mass is 10.1. The van der Waals surface area contributed by atoms with Gasteiger partial charge in [-0.2, -0.15) is 5.26 Å². The summed E-state index contributed by atoms with van der Waals surface area (Å²) in [5.41, 5.74) is 0.0223. The van der Waals surface area contributed by atoms with Gasteiger partial charge in [-0.15, -0.1) is 11.3 Å². The molecular formula is C29H17FN4O5S. The van der Waals surface area contributed by atoms with E-state index in [1.807, 2.05) is 6.07 Å². The van der Waals surface area contributed by atoms with Crippen molar-refractivity contribution in [2.24, 2.45) is 0 Å². The van der Waals surface area contributed by atoms with Gasteiger partial charge in [-0.1, -0.05) is 30.3 Å². The summed E-state index contributed by atoms with van der Waals surface area (Å²) in [5.74, 6) is -0.778. The molecule has 0 radical (unpaired) electrons. The smallest absolute Gasteiger partial charge is 0.280 e. The zero-order valence-corrected chi connectivity index (χ0v) is 21.2. The lowest BCUT2D eigenvalue weighted by molar-refractivity contribution is -0.384. The van der Waals surface area contributed by atoms with Crippen LogP contribution < -0.4 is 20.1 Å². The number of furan rings is 1. The number of aromatic nitrogens is 1. The quantitative estimate of drug-likeness (QED) is 0.246. The van der Waals surface area contributed by atoms with Gasteiger partial charge in [-0.3, -0.25) is 24.3 Å². The average Bonchev–Trinajstić information content (AvgIpc) is 3.55. The Kier molecular flexibility index (Phi) is 7.17. The molecule has 2 aromatic heterocycles. The number of carbonyl (C=O) groups excluding carboxylic acids is 1. The van der Waals surface area contributed by atoms with E-state index in [1.165, 1.54) is 41.0 Å². The topological polar surface area (TPSA) is 131 Å². The minimum absolute atomic E-state index is 0.0787. The van der Waals surface area contributed by atoms with Crippen LogP contribution in [0.3, 0.4) is 0 Å².